The van der Waals surface area contributed by atoms with Crippen molar-refractivity contribution < 1.29 is 19.3 Å². The highest BCUT2D eigenvalue weighted by Gasteiger charge is 2.11. The minimum Gasteiger partial charge on any atom is -0.502 e. The number of hydrogen-bond acceptors (Lipinski definition) is 7. The molecule has 0 saturated carbocycles. The van der Waals surface area contributed by atoms with Crippen molar-refractivity contribution in [2.75, 3.05) is 27.9 Å². The van der Waals surface area contributed by atoms with Crippen molar-refractivity contribution in [3.05, 3.63) is 64.8 Å². The summed E-state index contributed by atoms with van der Waals surface area (Å²) in [6.07, 6.45) is 3.40. The van der Waals surface area contributed by atoms with Crippen LogP contribution in [0.15, 0.2) is 64.5 Å². The van der Waals surface area contributed by atoms with Gasteiger partial charge in [-0.05, 0) is 36.4 Å². The van der Waals surface area contributed by atoms with Crippen molar-refractivity contribution in [2.45, 2.75) is 0 Å². The van der Waals surface area contributed by atoms with E-state index in [4.69, 9.17) is 14.2 Å². The molecule has 0 atom stereocenters. The van der Waals surface area contributed by atoms with Gasteiger partial charge in [0.2, 0.25) is 10.6 Å². The maximum Gasteiger partial charge on any atom is 0.206 e. The predicted octanol–water partition coefficient (Wildman–Crippen LogP) is 3.92. The van der Waals surface area contributed by atoms with Crippen molar-refractivity contribution in [2.24, 2.45) is 10.1 Å². The molecule has 0 bridgehead atoms. The largest absolute Gasteiger partial charge is 0.502 e. The molecule has 0 aliphatic rings. The van der Waals surface area contributed by atoms with Crippen molar-refractivity contribution in [3.8, 4) is 34.3 Å². The number of aromatic nitrogens is 1. The highest BCUT2D eigenvalue weighted by molar-refractivity contribution is 7.07. The Morgan fingerprint density at radius 2 is 1.73 bits per heavy atom. The third kappa shape index (κ3) is 4.55. The SMILES string of the molecule is C=CCN=c1scc(-c2ccc(OC)cc2)n1N=Cc1cc(OC)c(O)c(OC)c1. The molecule has 0 spiro atoms. The third-order valence-electron chi connectivity index (χ3n) is 4.25. The normalized spacial score (nSPS) is 11.6. The molecule has 0 unspecified atom stereocenters. The van der Waals surface area contributed by atoms with Gasteiger partial charge in [0, 0.05) is 16.5 Å². The zero-order valence-corrected chi connectivity index (χ0v) is 17.8. The number of thiazole rings is 1. The Balaban J connectivity index is 2.07. The molecule has 8 heteroatoms. The summed E-state index contributed by atoms with van der Waals surface area (Å²) in [5.74, 6) is 1.33. The number of nitrogens with zero attached hydrogens (tertiary/aromatic N) is 3. The fraction of sp³-hybridized carbons (Fsp3) is 0.182. The van der Waals surface area contributed by atoms with Gasteiger partial charge in [-0.1, -0.05) is 6.08 Å². The van der Waals surface area contributed by atoms with E-state index >= 15 is 0 Å². The van der Waals surface area contributed by atoms with Gasteiger partial charge in [0.05, 0.1) is 39.8 Å². The topological polar surface area (TPSA) is 77.6 Å². The standard InChI is InChI=1S/C22H23N3O4S/c1-5-10-23-22-25(18(14-30-22)16-6-8-17(27-2)9-7-16)24-13-15-11-19(28-3)21(26)20(12-15)29-4/h5-9,11-14,26H,1,10H2,2-4H3. The molecule has 2 aromatic carbocycles. The van der Waals surface area contributed by atoms with Gasteiger partial charge in [-0.2, -0.15) is 5.10 Å². The number of rotatable bonds is 8. The molecule has 156 valence electrons. The molecule has 30 heavy (non-hydrogen) atoms. The number of phenolic OH excluding ortho intramolecular Hbond substituents is 1. The lowest BCUT2D eigenvalue weighted by atomic mass is 10.2. The van der Waals surface area contributed by atoms with Gasteiger partial charge in [0.1, 0.15) is 5.75 Å². The summed E-state index contributed by atoms with van der Waals surface area (Å²) in [4.78, 5) is 5.27. The van der Waals surface area contributed by atoms with Crippen LogP contribution in [0.2, 0.25) is 0 Å². The number of phenols is 1. The lowest BCUT2D eigenvalue weighted by molar-refractivity contribution is 0.340. The Kier molecular flexibility index (Phi) is 6.92. The summed E-state index contributed by atoms with van der Waals surface area (Å²) in [7, 11) is 4.60. The van der Waals surface area contributed by atoms with E-state index in [0.29, 0.717) is 23.6 Å². The van der Waals surface area contributed by atoms with Crippen molar-refractivity contribution >= 4 is 17.6 Å². The second-order valence-corrected chi connectivity index (χ2v) is 6.93. The van der Waals surface area contributed by atoms with Crippen LogP contribution in [0.3, 0.4) is 0 Å². The van der Waals surface area contributed by atoms with E-state index in [1.54, 1.807) is 36.2 Å². The fourth-order valence-electron chi connectivity index (χ4n) is 2.73. The van der Waals surface area contributed by atoms with Crippen LogP contribution in [0.25, 0.3) is 11.3 Å². The highest BCUT2D eigenvalue weighted by atomic mass is 32.1. The molecule has 1 N–H and O–H groups in total. The molecule has 0 aliphatic carbocycles. The summed E-state index contributed by atoms with van der Waals surface area (Å²) in [5, 5.41) is 16.7. The summed E-state index contributed by atoms with van der Waals surface area (Å²) >= 11 is 1.49. The quantitative estimate of drug-likeness (QED) is 0.438. The lowest BCUT2D eigenvalue weighted by Gasteiger charge is -2.09. The average molecular weight is 426 g/mol. The first-order valence-corrected chi connectivity index (χ1v) is 9.95. The number of ether oxygens (including phenoxy) is 3. The van der Waals surface area contributed by atoms with E-state index < -0.39 is 0 Å². The maximum absolute atomic E-state index is 10.1. The Hall–Kier alpha value is -3.52. The Labute approximate surface area is 178 Å². The molecule has 0 saturated heterocycles. The average Bonchev–Trinajstić information content (AvgIpc) is 3.19. The summed E-state index contributed by atoms with van der Waals surface area (Å²) < 4.78 is 17.4. The summed E-state index contributed by atoms with van der Waals surface area (Å²) in [6.45, 7) is 4.21. The van der Waals surface area contributed by atoms with E-state index in [2.05, 4.69) is 16.7 Å². The number of hydrogen-bond donors (Lipinski definition) is 1. The monoisotopic (exact) mass is 425 g/mol. The zero-order valence-electron chi connectivity index (χ0n) is 17.0. The van der Waals surface area contributed by atoms with Crippen LogP contribution in [-0.2, 0) is 0 Å². The second-order valence-electron chi connectivity index (χ2n) is 6.09. The number of benzene rings is 2. The first-order valence-electron chi connectivity index (χ1n) is 9.07. The van der Waals surface area contributed by atoms with E-state index in [-0.39, 0.29) is 5.75 Å². The molecule has 1 heterocycles. The van der Waals surface area contributed by atoms with E-state index in [1.807, 2.05) is 29.6 Å². The number of aromatic hydroxyl groups is 1. The Morgan fingerprint density at radius 1 is 1.07 bits per heavy atom. The van der Waals surface area contributed by atoms with Crippen LogP contribution in [0.1, 0.15) is 5.56 Å². The van der Waals surface area contributed by atoms with Gasteiger partial charge < -0.3 is 19.3 Å². The minimum absolute atomic E-state index is 0.0547. The molecule has 0 amide bonds. The smallest absolute Gasteiger partial charge is 0.206 e. The van der Waals surface area contributed by atoms with Gasteiger partial charge in [0.15, 0.2) is 11.5 Å². The first-order chi connectivity index (χ1) is 14.6. The molecular weight excluding hydrogens is 402 g/mol. The van der Waals surface area contributed by atoms with Crippen LogP contribution >= 0.6 is 11.3 Å². The molecule has 1 aromatic heterocycles. The molecule has 0 radical (unpaired) electrons. The highest BCUT2D eigenvalue weighted by Crippen LogP contribution is 2.36. The minimum atomic E-state index is -0.0547. The number of methoxy groups -OCH3 is 3. The van der Waals surface area contributed by atoms with Crippen LogP contribution in [0, 0.1) is 0 Å². The second kappa shape index (κ2) is 9.80. The van der Waals surface area contributed by atoms with Crippen molar-refractivity contribution in [1.82, 2.24) is 4.68 Å². The zero-order chi connectivity index (χ0) is 21.5. The first kappa shape index (κ1) is 21.2. The van der Waals surface area contributed by atoms with Crippen LogP contribution in [0.4, 0.5) is 0 Å². The molecule has 3 aromatic rings. The Morgan fingerprint density at radius 3 is 2.30 bits per heavy atom. The summed E-state index contributed by atoms with van der Waals surface area (Å²) in [6, 6.07) is 11.1. The van der Waals surface area contributed by atoms with Gasteiger partial charge in [-0.25, -0.2) is 4.68 Å². The molecule has 3 rings (SSSR count). The fourth-order valence-corrected chi connectivity index (χ4v) is 3.58. The van der Waals surface area contributed by atoms with Crippen molar-refractivity contribution in [3.63, 3.8) is 0 Å². The van der Waals surface area contributed by atoms with Crippen molar-refractivity contribution in [1.29, 1.82) is 0 Å². The van der Waals surface area contributed by atoms with Gasteiger partial charge in [-0.15, -0.1) is 17.9 Å². The molecule has 7 nitrogen and oxygen atoms in total. The van der Waals surface area contributed by atoms with Crippen LogP contribution in [0.5, 0.6) is 23.0 Å². The maximum atomic E-state index is 10.1. The van der Waals surface area contributed by atoms with Gasteiger partial charge >= 0.3 is 0 Å². The van der Waals surface area contributed by atoms with E-state index in [0.717, 1.165) is 21.8 Å². The Bertz CT molecular complexity index is 1090. The van der Waals surface area contributed by atoms with E-state index in [1.165, 1.54) is 25.6 Å². The van der Waals surface area contributed by atoms with Gasteiger partial charge in [-0.3, -0.25) is 4.99 Å². The molecule has 0 aliphatic heterocycles. The molecular formula is C22H23N3O4S. The van der Waals surface area contributed by atoms with E-state index in [9.17, 15) is 5.11 Å². The lowest BCUT2D eigenvalue weighted by Crippen LogP contribution is -2.12. The third-order valence-corrected chi connectivity index (χ3v) is 5.11. The van der Waals surface area contributed by atoms with Crippen LogP contribution in [-0.4, -0.2) is 43.9 Å². The predicted molar refractivity (Wildman–Crippen MR) is 119 cm³/mol. The summed E-state index contributed by atoms with van der Waals surface area (Å²) in [5.41, 5.74) is 2.57. The van der Waals surface area contributed by atoms with Gasteiger partial charge in [0.25, 0.3) is 0 Å². The van der Waals surface area contributed by atoms with Crippen LogP contribution < -0.4 is 19.0 Å². The molecule has 0 fully saturated rings.